The molecule has 2 N–H and O–H groups in total. The highest BCUT2D eigenvalue weighted by atomic mass is 32.2. The molecule has 5 rings (SSSR count). The molecule has 0 saturated heterocycles. The molecule has 0 aliphatic carbocycles. The lowest BCUT2D eigenvalue weighted by atomic mass is 10.1. The fourth-order valence-corrected chi connectivity index (χ4v) is 5.26. The molecule has 2 aliphatic rings. The second kappa shape index (κ2) is 11.6. The van der Waals surface area contributed by atoms with Crippen LogP contribution in [0.2, 0.25) is 0 Å². The Hall–Kier alpha value is -4.25. The summed E-state index contributed by atoms with van der Waals surface area (Å²) >= 11 is 1.18. The van der Waals surface area contributed by atoms with Gasteiger partial charge in [0, 0.05) is 12.1 Å². The first-order valence-corrected chi connectivity index (χ1v) is 13.4. The number of furan rings is 1. The Kier molecular flexibility index (Phi) is 7.87. The number of carbonyl (C=O) groups is 3. The normalized spacial score (nSPS) is 16.6. The van der Waals surface area contributed by atoms with Crippen LogP contribution in [-0.2, 0) is 27.5 Å². The maximum atomic E-state index is 13.5. The van der Waals surface area contributed by atoms with E-state index in [0.29, 0.717) is 34.4 Å². The number of hydrogen-bond acceptors (Lipinski definition) is 7. The van der Waals surface area contributed by atoms with Crippen LogP contribution in [0.25, 0.3) is 0 Å². The minimum absolute atomic E-state index is 0.152. The molecular formula is C28H26FN5O4S. The van der Waals surface area contributed by atoms with Gasteiger partial charge in [-0.2, -0.15) is 0 Å². The summed E-state index contributed by atoms with van der Waals surface area (Å²) in [7, 11) is 0. The van der Waals surface area contributed by atoms with Crippen molar-refractivity contribution in [3.63, 3.8) is 0 Å². The second-order valence-corrected chi connectivity index (χ2v) is 10.1. The van der Waals surface area contributed by atoms with Crippen LogP contribution in [0.4, 0.5) is 10.1 Å². The van der Waals surface area contributed by atoms with E-state index < -0.39 is 11.3 Å². The van der Waals surface area contributed by atoms with Crippen LogP contribution in [0.3, 0.4) is 0 Å². The van der Waals surface area contributed by atoms with Gasteiger partial charge < -0.3 is 15.1 Å². The SMILES string of the molecule is CC[C@@H](SC1=Nc2ccccc2C2=N[C@@H](CC(=O)NCc3ccc(F)cc3)C(=O)N12)C(=O)NCc1ccco1. The Morgan fingerprint density at radius 3 is 2.62 bits per heavy atom. The summed E-state index contributed by atoms with van der Waals surface area (Å²) in [5.41, 5.74) is 2.05. The van der Waals surface area contributed by atoms with E-state index >= 15 is 0 Å². The number of rotatable bonds is 9. The van der Waals surface area contributed by atoms with E-state index in [9.17, 15) is 18.8 Å². The standard InChI is InChI=1S/C28H26FN5O4S/c1-2-23(26(36)31-16-19-6-5-13-38-19)39-28-33-21-8-4-3-7-20(21)25-32-22(27(37)34(25)28)14-24(35)30-15-17-9-11-18(29)12-10-17/h3-13,22-23H,2,14-16H2,1H3,(H,30,35)(H,31,36)/t22-,23+/m0/s1. The van der Waals surface area contributed by atoms with Gasteiger partial charge in [0.25, 0.3) is 5.91 Å². The van der Waals surface area contributed by atoms with Gasteiger partial charge in [0.05, 0.1) is 30.2 Å². The molecule has 0 radical (unpaired) electrons. The summed E-state index contributed by atoms with van der Waals surface area (Å²) in [5, 5.41) is 5.45. The second-order valence-electron chi connectivity index (χ2n) is 8.97. The molecule has 2 aliphatic heterocycles. The minimum Gasteiger partial charge on any atom is -0.467 e. The summed E-state index contributed by atoms with van der Waals surface area (Å²) in [6.07, 6.45) is 1.89. The Balaban J connectivity index is 1.30. The molecule has 9 nitrogen and oxygen atoms in total. The molecule has 1 aromatic heterocycles. The third-order valence-electron chi connectivity index (χ3n) is 6.26. The Bertz CT molecular complexity index is 1440. The van der Waals surface area contributed by atoms with Crippen LogP contribution in [0.15, 0.2) is 81.3 Å². The number of amidine groups is 2. The van der Waals surface area contributed by atoms with Crippen molar-refractivity contribution < 1.29 is 23.2 Å². The summed E-state index contributed by atoms with van der Waals surface area (Å²) < 4.78 is 18.4. The molecular weight excluding hydrogens is 521 g/mol. The van der Waals surface area contributed by atoms with E-state index in [4.69, 9.17) is 4.42 Å². The average molecular weight is 548 g/mol. The first-order valence-electron chi connectivity index (χ1n) is 12.5. The first kappa shape index (κ1) is 26.4. The molecule has 2 aromatic carbocycles. The summed E-state index contributed by atoms with van der Waals surface area (Å²) in [6, 6.07) is 15.7. The molecule has 0 saturated carbocycles. The van der Waals surface area contributed by atoms with Gasteiger partial charge in [-0.25, -0.2) is 14.3 Å². The van der Waals surface area contributed by atoms with E-state index in [-0.39, 0.29) is 43.0 Å². The fraction of sp³-hybridized carbons (Fsp3) is 0.250. The maximum Gasteiger partial charge on any atom is 0.259 e. The number of benzene rings is 2. The average Bonchev–Trinajstić information content (AvgIpc) is 3.58. The maximum absolute atomic E-state index is 13.5. The number of nitrogens with zero attached hydrogens (tertiary/aromatic N) is 3. The van der Waals surface area contributed by atoms with Crippen molar-refractivity contribution in [3.8, 4) is 0 Å². The molecule has 11 heteroatoms. The third-order valence-corrected chi connectivity index (χ3v) is 7.57. The van der Waals surface area contributed by atoms with Gasteiger partial charge in [0.2, 0.25) is 11.8 Å². The lowest BCUT2D eigenvalue weighted by Gasteiger charge is -2.27. The van der Waals surface area contributed by atoms with Crippen molar-refractivity contribution in [2.24, 2.45) is 9.98 Å². The molecule has 3 amide bonds. The number of amides is 3. The zero-order valence-corrected chi connectivity index (χ0v) is 21.9. The predicted octanol–water partition coefficient (Wildman–Crippen LogP) is 3.91. The van der Waals surface area contributed by atoms with Crippen LogP contribution in [0.1, 0.15) is 36.7 Å². The summed E-state index contributed by atoms with van der Waals surface area (Å²) in [6.45, 7) is 2.34. The van der Waals surface area contributed by atoms with Crippen LogP contribution in [0, 0.1) is 5.82 Å². The van der Waals surface area contributed by atoms with E-state index in [0.717, 1.165) is 5.56 Å². The van der Waals surface area contributed by atoms with Crippen molar-refractivity contribution in [2.45, 2.75) is 44.1 Å². The van der Waals surface area contributed by atoms with Gasteiger partial charge in [-0.3, -0.25) is 19.4 Å². The zero-order chi connectivity index (χ0) is 27.4. The van der Waals surface area contributed by atoms with Gasteiger partial charge in [-0.05, 0) is 48.4 Å². The van der Waals surface area contributed by atoms with Crippen molar-refractivity contribution in [1.82, 2.24) is 15.5 Å². The largest absolute Gasteiger partial charge is 0.467 e. The predicted molar refractivity (Wildman–Crippen MR) is 146 cm³/mol. The first-order chi connectivity index (χ1) is 18.9. The highest BCUT2D eigenvalue weighted by Gasteiger charge is 2.43. The van der Waals surface area contributed by atoms with Crippen molar-refractivity contribution in [2.75, 3.05) is 0 Å². The molecule has 0 spiro atoms. The summed E-state index contributed by atoms with van der Waals surface area (Å²) in [5.74, 6) is -0.252. The Labute approximate surface area is 228 Å². The molecule has 0 fully saturated rings. The van der Waals surface area contributed by atoms with Crippen LogP contribution >= 0.6 is 11.8 Å². The van der Waals surface area contributed by atoms with Crippen molar-refractivity contribution in [1.29, 1.82) is 0 Å². The van der Waals surface area contributed by atoms with Gasteiger partial charge in [0.15, 0.2) is 5.17 Å². The van der Waals surface area contributed by atoms with Crippen LogP contribution in [0.5, 0.6) is 0 Å². The van der Waals surface area contributed by atoms with E-state index in [2.05, 4.69) is 20.6 Å². The number of para-hydroxylation sites is 1. The van der Waals surface area contributed by atoms with Gasteiger partial charge in [0.1, 0.15) is 23.5 Å². The summed E-state index contributed by atoms with van der Waals surface area (Å²) in [4.78, 5) is 49.8. The molecule has 2 atom stereocenters. The lowest BCUT2D eigenvalue weighted by Crippen LogP contribution is -2.43. The minimum atomic E-state index is -0.932. The number of carbonyl (C=O) groups excluding carboxylic acids is 3. The zero-order valence-electron chi connectivity index (χ0n) is 21.1. The van der Waals surface area contributed by atoms with Gasteiger partial charge in [-0.1, -0.05) is 43.0 Å². The number of halogens is 1. The highest BCUT2D eigenvalue weighted by molar-refractivity contribution is 8.15. The number of aliphatic imine (C=N–C) groups is 2. The number of fused-ring (bicyclic) bond motifs is 3. The Morgan fingerprint density at radius 1 is 1.08 bits per heavy atom. The quantitative estimate of drug-likeness (QED) is 0.421. The van der Waals surface area contributed by atoms with E-state index in [1.807, 2.05) is 31.2 Å². The van der Waals surface area contributed by atoms with E-state index in [1.165, 1.54) is 28.8 Å². The molecule has 39 heavy (non-hydrogen) atoms. The molecule has 3 heterocycles. The smallest absolute Gasteiger partial charge is 0.259 e. The van der Waals surface area contributed by atoms with E-state index in [1.54, 1.807) is 30.5 Å². The topological polar surface area (TPSA) is 116 Å². The number of nitrogens with one attached hydrogen (secondary N) is 2. The highest BCUT2D eigenvalue weighted by Crippen LogP contribution is 2.35. The third kappa shape index (κ3) is 5.93. The van der Waals surface area contributed by atoms with Crippen LogP contribution < -0.4 is 10.6 Å². The van der Waals surface area contributed by atoms with Crippen LogP contribution in [-0.4, -0.2) is 44.9 Å². The van der Waals surface area contributed by atoms with Gasteiger partial charge in [-0.15, -0.1) is 0 Å². The Morgan fingerprint density at radius 2 is 1.87 bits per heavy atom. The lowest BCUT2D eigenvalue weighted by molar-refractivity contribution is -0.128. The molecule has 0 bridgehead atoms. The van der Waals surface area contributed by atoms with Crippen molar-refractivity contribution >= 4 is 46.2 Å². The molecule has 0 unspecified atom stereocenters. The number of thioether (sulfide) groups is 1. The van der Waals surface area contributed by atoms with Crippen molar-refractivity contribution in [3.05, 3.63) is 89.6 Å². The molecule has 200 valence electrons. The molecule has 3 aromatic rings. The van der Waals surface area contributed by atoms with Gasteiger partial charge >= 0.3 is 0 Å². The number of hydrogen-bond donors (Lipinski definition) is 2. The fourth-order valence-electron chi connectivity index (χ4n) is 4.22. The monoisotopic (exact) mass is 547 g/mol.